The maximum Gasteiger partial charge on any atom is 0.213 e. The Bertz CT molecular complexity index is 1310. The molecule has 1 aromatic carbocycles. The second-order valence-electron chi connectivity index (χ2n) is 9.59. The molecule has 9 heteroatoms. The van der Waals surface area contributed by atoms with Gasteiger partial charge in [0.1, 0.15) is 6.61 Å². The lowest BCUT2D eigenvalue weighted by atomic mass is 10.0. The first-order valence-corrected chi connectivity index (χ1v) is 12.6. The first-order chi connectivity index (χ1) is 17.5. The van der Waals surface area contributed by atoms with E-state index in [1.54, 1.807) is 13.3 Å². The second kappa shape index (κ2) is 10.5. The van der Waals surface area contributed by atoms with Gasteiger partial charge in [0.2, 0.25) is 11.7 Å². The highest BCUT2D eigenvalue weighted by molar-refractivity contribution is 5.86. The van der Waals surface area contributed by atoms with Gasteiger partial charge in [-0.1, -0.05) is 6.92 Å². The normalized spacial score (nSPS) is 19.5. The number of aromatic nitrogens is 2. The van der Waals surface area contributed by atoms with Crippen LogP contribution in [0.3, 0.4) is 0 Å². The summed E-state index contributed by atoms with van der Waals surface area (Å²) in [5, 5.41) is 3.65. The summed E-state index contributed by atoms with van der Waals surface area (Å²) in [6.07, 6.45) is 6.98. The van der Waals surface area contributed by atoms with E-state index in [1.807, 2.05) is 29.8 Å². The SMILES string of the molecule is CCC1COc2c(F)c(F)cc3c(=O)c(CCN(Cc4ccnc(OC)c4)[C@H]4CCCNC4)cn1c23. The van der Waals surface area contributed by atoms with Crippen molar-refractivity contribution in [1.29, 1.82) is 0 Å². The van der Waals surface area contributed by atoms with Gasteiger partial charge < -0.3 is 19.4 Å². The lowest BCUT2D eigenvalue weighted by Gasteiger charge is -2.35. The first kappa shape index (κ1) is 24.6. The maximum atomic E-state index is 14.5. The maximum absolute atomic E-state index is 14.5. The number of nitrogens with one attached hydrogen (secondary N) is 1. The zero-order valence-corrected chi connectivity index (χ0v) is 20.7. The van der Waals surface area contributed by atoms with Gasteiger partial charge in [0.05, 0.1) is 24.1 Å². The minimum absolute atomic E-state index is 0.0489. The molecule has 7 nitrogen and oxygen atoms in total. The van der Waals surface area contributed by atoms with Gasteiger partial charge in [-0.2, -0.15) is 4.39 Å². The number of piperidine rings is 1. The van der Waals surface area contributed by atoms with Crippen molar-refractivity contribution in [3.8, 4) is 11.6 Å². The van der Waals surface area contributed by atoms with E-state index in [0.29, 0.717) is 42.5 Å². The molecule has 192 valence electrons. The minimum Gasteiger partial charge on any atom is -0.486 e. The molecule has 0 spiro atoms. The van der Waals surface area contributed by atoms with E-state index in [2.05, 4.69) is 15.2 Å². The molecule has 2 aliphatic heterocycles. The number of nitrogens with zero attached hydrogens (tertiary/aromatic N) is 3. The largest absolute Gasteiger partial charge is 0.486 e. The summed E-state index contributed by atoms with van der Waals surface area (Å²) in [6.45, 7) is 5.50. The number of hydrogen-bond donors (Lipinski definition) is 1. The van der Waals surface area contributed by atoms with Gasteiger partial charge in [-0.15, -0.1) is 0 Å². The molecule has 36 heavy (non-hydrogen) atoms. The summed E-state index contributed by atoms with van der Waals surface area (Å²) in [6, 6.07) is 5.21. The molecule has 2 aromatic heterocycles. The molecule has 0 aliphatic carbocycles. The van der Waals surface area contributed by atoms with Crippen molar-refractivity contribution in [1.82, 2.24) is 19.8 Å². The smallest absolute Gasteiger partial charge is 0.213 e. The van der Waals surface area contributed by atoms with E-state index >= 15 is 0 Å². The summed E-state index contributed by atoms with van der Waals surface area (Å²) in [7, 11) is 1.60. The second-order valence-corrected chi connectivity index (χ2v) is 9.59. The Kier molecular flexibility index (Phi) is 7.20. The molecule has 1 saturated heterocycles. The van der Waals surface area contributed by atoms with Gasteiger partial charge in [0.25, 0.3) is 0 Å². The third-order valence-electron chi connectivity index (χ3n) is 7.37. The summed E-state index contributed by atoms with van der Waals surface area (Å²) in [5.74, 6) is -1.70. The fourth-order valence-corrected chi connectivity index (χ4v) is 5.35. The van der Waals surface area contributed by atoms with E-state index in [0.717, 1.165) is 44.0 Å². The highest BCUT2D eigenvalue weighted by atomic mass is 19.2. The number of methoxy groups -OCH3 is 1. The van der Waals surface area contributed by atoms with Crippen molar-refractivity contribution >= 4 is 10.9 Å². The lowest BCUT2D eigenvalue weighted by Crippen LogP contribution is -2.46. The van der Waals surface area contributed by atoms with Crippen LogP contribution in [0, 0.1) is 11.6 Å². The molecule has 3 aromatic rings. The highest BCUT2D eigenvalue weighted by Crippen LogP contribution is 2.36. The fraction of sp³-hybridized carbons (Fsp3) is 0.481. The molecular formula is C27H32F2N4O3. The predicted octanol–water partition coefficient (Wildman–Crippen LogP) is 3.82. The zero-order chi connectivity index (χ0) is 25.2. The number of ether oxygens (including phenoxy) is 2. The average molecular weight is 499 g/mol. The van der Waals surface area contributed by atoms with Gasteiger partial charge in [-0.25, -0.2) is 9.37 Å². The number of rotatable bonds is 8. The number of halogens is 2. The third kappa shape index (κ3) is 4.69. The standard InChI is InChI=1S/C27H32F2N4O3/c1-3-19-16-36-27-24(29)22(28)12-21-25(27)33(19)15-18(26(21)34)7-10-32(20-5-4-8-30-13-20)14-17-6-9-31-23(11-17)35-2/h6,9,11-12,15,19-20,30H,3-5,7-8,10,13-14,16H2,1-2H3/t19?,20-/m0/s1. The summed E-state index contributed by atoms with van der Waals surface area (Å²) in [4.78, 5) is 20.0. The van der Waals surface area contributed by atoms with Crippen molar-refractivity contribution in [2.45, 2.75) is 51.2 Å². The van der Waals surface area contributed by atoms with Crippen LogP contribution >= 0.6 is 0 Å². The molecule has 0 radical (unpaired) electrons. The van der Waals surface area contributed by atoms with Crippen LogP contribution in [0.25, 0.3) is 10.9 Å². The number of benzene rings is 1. The molecule has 0 saturated carbocycles. The van der Waals surface area contributed by atoms with Crippen molar-refractivity contribution in [3.05, 3.63) is 63.6 Å². The Morgan fingerprint density at radius 1 is 1.33 bits per heavy atom. The van der Waals surface area contributed by atoms with Crippen LogP contribution in [0.2, 0.25) is 0 Å². The van der Waals surface area contributed by atoms with Crippen LogP contribution < -0.4 is 20.2 Å². The highest BCUT2D eigenvalue weighted by Gasteiger charge is 2.28. The van der Waals surface area contributed by atoms with E-state index < -0.39 is 11.6 Å². The van der Waals surface area contributed by atoms with Gasteiger partial charge in [0.15, 0.2) is 17.0 Å². The predicted molar refractivity (Wildman–Crippen MR) is 134 cm³/mol. The average Bonchev–Trinajstić information content (AvgIpc) is 2.91. The molecule has 2 aliphatic rings. The quantitative estimate of drug-likeness (QED) is 0.509. The Morgan fingerprint density at radius 3 is 2.94 bits per heavy atom. The van der Waals surface area contributed by atoms with Crippen LogP contribution in [0.15, 0.2) is 35.4 Å². The summed E-state index contributed by atoms with van der Waals surface area (Å²) < 4.78 is 41.6. The Hall–Kier alpha value is -3.04. The first-order valence-electron chi connectivity index (χ1n) is 12.6. The van der Waals surface area contributed by atoms with Gasteiger partial charge in [0, 0.05) is 49.7 Å². The monoisotopic (exact) mass is 498 g/mol. The third-order valence-corrected chi connectivity index (χ3v) is 7.37. The van der Waals surface area contributed by atoms with Crippen LogP contribution in [0.1, 0.15) is 43.4 Å². The zero-order valence-electron chi connectivity index (χ0n) is 20.7. The Labute approximate surface area is 209 Å². The molecule has 4 heterocycles. The van der Waals surface area contributed by atoms with Crippen LogP contribution in [0.5, 0.6) is 11.6 Å². The van der Waals surface area contributed by atoms with Crippen molar-refractivity contribution in [2.75, 3.05) is 33.4 Å². The van der Waals surface area contributed by atoms with Crippen LogP contribution in [-0.4, -0.2) is 53.8 Å². The topological polar surface area (TPSA) is 68.6 Å². The van der Waals surface area contributed by atoms with Gasteiger partial charge in [-0.05, 0) is 49.9 Å². The Balaban J connectivity index is 1.48. The number of pyridine rings is 2. The summed E-state index contributed by atoms with van der Waals surface area (Å²) in [5.41, 5.74) is 1.76. The van der Waals surface area contributed by atoms with Crippen molar-refractivity contribution < 1.29 is 18.3 Å². The van der Waals surface area contributed by atoms with Crippen molar-refractivity contribution in [2.24, 2.45) is 0 Å². The molecule has 0 bridgehead atoms. The molecule has 1 N–H and O–H groups in total. The fourth-order valence-electron chi connectivity index (χ4n) is 5.35. The minimum atomic E-state index is -1.06. The summed E-state index contributed by atoms with van der Waals surface area (Å²) >= 11 is 0. The van der Waals surface area contributed by atoms with E-state index in [1.165, 1.54) is 0 Å². The molecule has 1 unspecified atom stereocenters. The molecule has 0 amide bonds. The molecule has 2 atom stereocenters. The van der Waals surface area contributed by atoms with Crippen LogP contribution in [0.4, 0.5) is 8.78 Å². The van der Waals surface area contributed by atoms with Crippen LogP contribution in [-0.2, 0) is 13.0 Å². The number of hydrogen-bond acceptors (Lipinski definition) is 6. The van der Waals surface area contributed by atoms with Gasteiger partial charge >= 0.3 is 0 Å². The molecular weight excluding hydrogens is 466 g/mol. The van der Waals surface area contributed by atoms with Crippen molar-refractivity contribution in [3.63, 3.8) is 0 Å². The molecule has 5 rings (SSSR count). The van der Waals surface area contributed by atoms with E-state index in [9.17, 15) is 13.6 Å². The van der Waals surface area contributed by atoms with Gasteiger partial charge in [-0.3, -0.25) is 9.69 Å². The lowest BCUT2D eigenvalue weighted by molar-refractivity contribution is 0.159. The van der Waals surface area contributed by atoms with E-state index in [-0.39, 0.29) is 29.2 Å². The Morgan fingerprint density at radius 2 is 2.19 bits per heavy atom. The molecule has 1 fully saturated rings. The van der Waals surface area contributed by atoms with E-state index in [4.69, 9.17) is 9.47 Å².